The topological polar surface area (TPSA) is 35.5 Å². The van der Waals surface area contributed by atoms with Gasteiger partial charge in [-0.15, -0.1) is 0 Å². The van der Waals surface area contributed by atoms with Crippen LogP contribution >= 0.6 is 11.8 Å². The van der Waals surface area contributed by atoms with E-state index < -0.39 is 18.3 Å². The van der Waals surface area contributed by atoms with Gasteiger partial charge in [0.05, 0.1) is 12.2 Å². The van der Waals surface area contributed by atoms with Crippen molar-refractivity contribution in [1.82, 2.24) is 0 Å². The monoisotopic (exact) mass is 370 g/mol. The van der Waals surface area contributed by atoms with Gasteiger partial charge in [0.2, 0.25) is 0 Å². The Hall–Kier alpha value is -1.40. The number of esters is 1. The number of carbonyl (C=O) groups is 1. The maximum absolute atomic E-state index is 13.4. The molecule has 1 aromatic rings. The molecule has 0 heterocycles. The molecule has 0 N–H and O–H groups in total. The molecule has 0 aromatic heterocycles. The lowest BCUT2D eigenvalue weighted by Crippen LogP contribution is -2.08. The molecule has 1 fully saturated rings. The Balaban J connectivity index is 2.22. The molecule has 138 valence electrons. The van der Waals surface area contributed by atoms with Crippen LogP contribution in [0.5, 0.6) is 0 Å². The second-order valence-corrected chi connectivity index (χ2v) is 7.38. The van der Waals surface area contributed by atoms with Gasteiger partial charge in [0.1, 0.15) is 17.8 Å². The highest BCUT2D eigenvalue weighted by atomic mass is 32.2. The van der Waals surface area contributed by atoms with E-state index in [9.17, 15) is 13.6 Å². The van der Waals surface area contributed by atoms with Crippen molar-refractivity contribution in [3.8, 4) is 0 Å². The lowest BCUT2D eigenvalue weighted by Gasteiger charge is -2.12. The molecule has 1 aliphatic carbocycles. The number of benzene rings is 1. The summed E-state index contributed by atoms with van der Waals surface area (Å²) in [7, 11) is 1.64. The van der Waals surface area contributed by atoms with Gasteiger partial charge in [-0.05, 0) is 50.3 Å². The largest absolute Gasteiger partial charge is 0.462 e. The smallest absolute Gasteiger partial charge is 0.338 e. The van der Waals surface area contributed by atoms with Gasteiger partial charge in [0.25, 0.3) is 0 Å². The predicted molar refractivity (Wildman–Crippen MR) is 95.9 cm³/mol. The minimum Gasteiger partial charge on any atom is -0.462 e. The summed E-state index contributed by atoms with van der Waals surface area (Å²) in [5, 5.41) is 0. The van der Waals surface area contributed by atoms with E-state index in [-0.39, 0.29) is 30.8 Å². The molecule has 1 unspecified atom stereocenters. The van der Waals surface area contributed by atoms with E-state index in [1.165, 1.54) is 0 Å². The van der Waals surface area contributed by atoms with Gasteiger partial charge < -0.3 is 9.47 Å². The second kappa shape index (κ2) is 9.34. The molecule has 0 amide bonds. The summed E-state index contributed by atoms with van der Waals surface area (Å²) >= 11 is 1.56. The molecule has 0 saturated heterocycles. The van der Waals surface area contributed by atoms with Crippen LogP contribution in [0.25, 0.3) is 5.57 Å². The first-order valence-corrected chi connectivity index (χ1v) is 9.29. The molecule has 3 nitrogen and oxygen atoms in total. The van der Waals surface area contributed by atoms with E-state index in [0.717, 1.165) is 4.90 Å². The number of methoxy groups -OCH3 is 1. The molecule has 1 aliphatic rings. The molecule has 6 heteroatoms. The van der Waals surface area contributed by atoms with Crippen molar-refractivity contribution in [1.29, 1.82) is 0 Å². The number of alkyl halides is 2. The van der Waals surface area contributed by atoms with Crippen LogP contribution in [0, 0.1) is 5.92 Å². The fraction of sp³-hybridized carbons (Fsp3) is 0.526. The minimum absolute atomic E-state index is 0.0207. The molecule has 25 heavy (non-hydrogen) atoms. The average molecular weight is 370 g/mol. The second-order valence-electron chi connectivity index (χ2n) is 6.01. The number of hydrogen-bond donors (Lipinski definition) is 0. The Morgan fingerprint density at radius 1 is 1.28 bits per heavy atom. The lowest BCUT2D eigenvalue weighted by molar-refractivity contribution is -0.136. The SMILES string of the molecule is CCOC(=O)/C(=C/[C@H]1C[C@@H](F)[C@@H](F)C1)c1ccc(SC(C)OC)cc1. The highest BCUT2D eigenvalue weighted by Gasteiger charge is 2.34. The quantitative estimate of drug-likeness (QED) is 0.299. The summed E-state index contributed by atoms with van der Waals surface area (Å²) in [6.07, 6.45) is -1.06. The van der Waals surface area contributed by atoms with Crippen LogP contribution in [0.2, 0.25) is 0 Å². The van der Waals surface area contributed by atoms with Gasteiger partial charge in [-0.3, -0.25) is 0 Å². The summed E-state index contributed by atoms with van der Waals surface area (Å²) in [5.74, 6) is -0.766. The summed E-state index contributed by atoms with van der Waals surface area (Å²) in [6.45, 7) is 3.92. The molecular weight excluding hydrogens is 346 g/mol. The normalized spacial score (nSPS) is 25.0. The Morgan fingerprint density at radius 2 is 1.88 bits per heavy atom. The zero-order valence-corrected chi connectivity index (χ0v) is 15.5. The first kappa shape index (κ1) is 19.9. The van der Waals surface area contributed by atoms with Gasteiger partial charge in [0, 0.05) is 12.0 Å². The standard InChI is InChI=1S/C19H24F2O3S/c1-4-24-19(22)16(9-13-10-17(20)18(21)11-13)14-5-7-15(8-6-14)25-12(2)23-3/h5-9,12-13,17-18H,4,10-11H2,1-3H3/b16-9+/t12?,13-,17+,18-. The number of rotatable bonds is 7. The van der Waals surface area contributed by atoms with Crippen molar-refractivity contribution in [2.24, 2.45) is 5.92 Å². The summed E-state index contributed by atoms with van der Waals surface area (Å²) in [5.41, 5.74) is 1.07. The predicted octanol–water partition coefficient (Wildman–Crippen LogP) is 4.80. The third-order valence-electron chi connectivity index (χ3n) is 4.15. The van der Waals surface area contributed by atoms with Crippen LogP contribution in [0.3, 0.4) is 0 Å². The molecule has 4 atom stereocenters. The number of carbonyl (C=O) groups excluding carboxylic acids is 1. The van der Waals surface area contributed by atoms with Crippen LogP contribution in [-0.2, 0) is 14.3 Å². The van der Waals surface area contributed by atoms with E-state index in [1.807, 2.05) is 31.2 Å². The van der Waals surface area contributed by atoms with E-state index in [4.69, 9.17) is 9.47 Å². The van der Waals surface area contributed by atoms with Gasteiger partial charge >= 0.3 is 5.97 Å². The van der Waals surface area contributed by atoms with Crippen LogP contribution in [0.4, 0.5) is 8.78 Å². The van der Waals surface area contributed by atoms with Crippen LogP contribution in [0.15, 0.2) is 35.2 Å². The molecule has 0 radical (unpaired) electrons. The molecule has 0 spiro atoms. The Kier molecular flexibility index (Phi) is 7.44. The van der Waals surface area contributed by atoms with E-state index in [0.29, 0.717) is 11.1 Å². The highest BCUT2D eigenvalue weighted by molar-refractivity contribution is 7.99. The third kappa shape index (κ3) is 5.54. The maximum Gasteiger partial charge on any atom is 0.338 e. The van der Waals surface area contributed by atoms with Crippen molar-refractivity contribution in [3.05, 3.63) is 35.9 Å². The van der Waals surface area contributed by atoms with Gasteiger partial charge in [-0.2, -0.15) is 0 Å². The minimum atomic E-state index is -1.46. The maximum atomic E-state index is 13.4. The third-order valence-corrected chi connectivity index (χ3v) is 5.21. The number of ether oxygens (including phenoxy) is 2. The number of hydrogen-bond acceptors (Lipinski definition) is 4. The zero-order chi connectivity index (χ0) is 18.4. The first-order valence-electron chi connectivity index (χ1n) is 8.41. The Labute approximate surface area is 151 Å². The van der Waals surface area contributed by atoms with E-state index >= 15 is 0 Å². The molecule has 0 aliphatic heterocycles. The van der Waals surface area contributed by atoms with Gasteiger partial charge in [0.15, 0.2) is 0 Å². The number of allylic oxidation sites excluding steroid dienone is 1. The van der Waals surface area contributed by atoms with Gasteiger partial charge in [-0.1, -0.05) is 30.0 Å². The van der Waals surface area contributed by atoms with Crippen molar-refractivity contribution in [2.45, 2.75) is 49.4 Å². The van der Waals surface area contributed by atoms with Crippen LogP contribution < -0.4 is 0 Å². The first-order chi connectivity index (χ1) is 11.9. The van der Waals surface area contributed by atoms with Crippen molar-refractivity contribution in [2.75, 3.05) is 13.7 Å². The fourth-order valence-corrected chi connectivity index (χ4v) is 3.56. The average Bonchev–Trinajstić information content (AvgIpc) is 2.91. The molecule has 0 bridgehead atoms. The van der Waals surface area contributed by atoms with Crippen LogP contribution in [0.1, 0.15) is 32.3 Å². The van der Waals surface area contributed by atoms with Gasteiger partial charge in [-0.25, -0.2) is 13.6 Å². The molecule has 1 aromatic carbocycles. The Bertz CT molecular complexity index is 593. The molecule has 2 rings (SSSR count). The summed E-state index contributed by atoms with van der Waals surface area (Å²) in [4.78, 5) is 13.3. The van der Waals surface area contributed by atoms with Crippen molar-refractivity contribution < 1.29 is 23.0 Å². The zero-order valence-electron chi connectivity index (χ0n) is 14.7. The van der Waals surface area contributed by atoms with Crippen LogP contribution in [-0.4, -0.2) is 37.5 Å². The van der Waals surface area contributed by atoms with E-state index in [1.54, 1.807) is 31.9 Å². The lowest BCUT2D eigenvalue weighted by atomic mass is 9.98. The Morgan fingerprint density at radius 3 is 2.40 bits per heavy atom. The van der Waals surface area contributed by atoms with Crippen molar-refractivity contribution in [3.63, 3.8) is 0 Å². The fourth-order valence-electron chi connectivity index (χ4n) is 2.79. The summed E-state index contributed by atoms with van der Waals surface area (Å²) in [6, 6.07) is 7.44. The molecule has 1 saturated carbocycles. The van der Waals surface area contributed by atoms with E-state index in [2.05, 4.69) is 0 Å². The van der Waals surface area contributed by atoms with Crippen molar-refractivity contribution >= 4 is 23.3 Å². The summed E-state index contributed by atoms with van der Waals surface area (Å²) < 4.78 is 37.2. The number of thioether (sulfide) groups is 1. The highest BCUT2D eigenvalue weighted by Crippen LogP contribution is 2.34. The molecular formula is C19H24F2O3S. The number of halogens is 2.